The van der Waals surface area contributed by atoms with Gasteiger partial charge in [0, 0.05) is 13.1 Å². The maximum Gasteiger partial charge on any atom is 0.307 e. The predicted octanol–water partition coefficient (Wildman–Crippen LogP) is 1.70. The zero-order chi connectivity index (χ0) is 15.6. The second-order valence-electron chi connectivity index (χ2n) is 4.79. The van der Waals surface area contributed by atoms with Crippen LogP contribution in [0.1, 0.15) is 18.4 Å². The lowest BCUT2D eigenvalue weighted by atomic mass is 10.0. The average Bonchev–Trinajstić information content (AvgIpc) is 2.47. The van der Waals surface area contributed by atoms with Gasteiger partial charge in [0.2, 0.25) is 10.0 Å². The maximum absolute atomic E-state index is 12.5. The highest BCUT2D eigenvalue weighted by atomic mass is 35.5. The summed E-state index contributed by atoms with van der Waals surface area (Å²) in [4.78, 5) is 11.0. The van der Waals surface area contributed by atoms with Gasteiger partial charge in [-0.3, -0.25) is 4.79 Å². The molecule has 0 bridgehead atoms. The lowest BCUT2D eigenvalue weighted by molar-refractivity contribution is -0.142. The Morgan fingerprint density at radius 2 is 2.19 bits per heavy atom. The van der Waals surface area contributed by atoms with Crippen LogP contribution >= 0.6 is 11.6 Å². The number of piperidine rings is 1. The number of rotatable bonds is 3. The Morgan fingerprint density at radius 3 is 2.76 bits per heavy atom. The van der Waals surface area contributed by atoms with Crippen molar-refractivity contribution in [1.82, 2.24) is 4.31 Å². The number of carboxylic acid groups (broad SMARTS) is 1. The third kappa shape index (κ3) is 3.18. The number of carbonyl (C=O) groups is 1. The molecule has 1 saturated heterocycles. The molecule has 1 aliphatic heterocycles. The summed E-state index contributed by atoms with van der Waals surface area (Å²) in [5, 5.41) is 17.9. The maximum atomic E-state index is 12.5. The first-order chi connectivity index (χ1) is 9.86. The fraction of sp³-hybridized carbons (Fsp3) is 0.385. The molecule has 1 heterocycles. The molecule has 21 heavy (non-hydrogen) atoms. The van der Waals surface area contributed by atoms with Gasteiger partial charge in [0.1, 0.15) is 6.07 Å². The Kier molecular flexibility index (Phi) is 4.52. The van der Waals surface area contributed by atoms with E-state index in [1.54, 1.807) is 0 Å². The van der Waals surface area contributed by atoms with Crippen molar-refractivity contribution < 1.29 is 18.3 Å². The number of halogens is 1. The molecule has 0 spiro atoms. The molecule has 8 heteroatoms. The number of hydrogen-bond donors (Lipinski definition) is 1. The summed E-state index contributed by atoms with van der Waals surface area (Å²) < 4.78 is 26.2. The van der Waals surface area contributed by atoms with Crippen molar-refractivity contribution in [1.29, 1.82) is 5.26 Å². The minimum Gasteiger partial charge on any atom is -0.481 e. The lowest BCUT2D eigenvalue weighted by Crippen LogP contribution is -2.42. The molecule has 0 aromatic heterocycles. The summed E-state index contributed by atoms with van der Waals surface area (Å²) in [7, 11) is -3.80. The van der Waals surface area contributed by atoms with Crippen LogP contribution in [0.2, 0.25) is 5.02 Å². The molecule has 1 aromatic rings. The van der Waals surface area contributed by atoms with Gasteiger partial charge in [0.25, 0.3) is 0 Å². The Hall–Kier alpha value is -1.62. The summed E-state index contributed by atoms with van der Waals surface area (Å²) in [6.45, 7) is 0.235. The average molecular weight is 329 g/mol. The first kappa shape index (κ1) is 15.8. The SMILES string of the molecule is N#Cc1ccc(S(=O)(=O)N2CCC[C@@H](C(=O)O)C2)cc1Cl. The summed E-state index contributed by atoms with van der Waals surface area (Å²) in [6.07, 6.45) is 0.968. The van der Waals surface area contributed by atoms with E-state index in [9.17, 15) is 13.2 Å². The fourth-order valence-corrected chi connectivity index (χ4v) is 4.10. The largest absolute Gasteiger partial charge is 0.481 e. The molecule has 0 saturated carbocycles. The smallest absolute Gasteiger partial charge is 0.307 e. The Balaban J connectivity index is 2.32. The van der Waals surface area contributed by atoms with E-state index >= 15 is 0 Å². The third-order valence-electron chi connectivity index (χ3n) is 3.43. The molecule has 0 amide bonds. The second-order valence-corrected chi connectivity index (χ2v) is 7.14. The molecule has 1 N–H and O–H groups in total. The van der Waals surface area contributed by atoms with E-state index in [2.05, 4.69) is 0 Å². The highest BCUT2D eigenvalue weighted by Gasteiger charge is 2.33. The fourth-order valence-electron chi connectivity index (χ4n) is 2.26. The van der Waals surface area contributed by atoms with E-state index in [1.165, 1.54) is 18.2 Å². The van der Waals surface area contributed by atoms with Gasteiger partial charge >= 0.3 is 5.97 Å². The monoisotopic (exact) mass is 328 g/mol. The van der Waals surface area contributed by atoms with Crippen LogP contribution in [0.15, 0.2) is 23.1 Å². The number of nitrogens with zero attached hydrogens (tertiary/aromatic N) is 2. The molecule has 1 atom stereocenters. The molecule has 0 unspecified atom stereocenters. The third-order valence-corrected chi connectivity index (χ3v) is 5.61. The molecular weight excluding hydrogens is 316 g/mol. The van der Waals surface area contributed by atoms with Crippen LogP contribution in [0.3, 0.4) is 0 Å². The predicted molar refractivity (Wildman–Crippen MR) is 75.3 cm³/mol. The summed E-state index contributed by atoms with van der Waals surface area (Å²) >= 11 is 5.85. The van der Waals surface area contributed by atoms with Gasteiger partial charge in [0.15, 0.2) is 0 Å². The zero-order valence-electron chi connectivity index (χ0n) is 11.0. The van der Waals surface area contributed by atoms with Gasteiger partial charge in [-0.05, 0) is 31.0 Å². The number of benzene rings is 1. The number of aliphatic carboxylic acids is 1. The second kappa shape index (κ2) is 6.02. The quantitative estimate of drug-likeness (QED) is 0.910. The molecule has 2 rings (SSSR count). The lowest BCUT2D eigenvalue weighted by Gasteiger charge is -2.29. The molecule has 0 aliphatic carbocycles. The van der Waals surface area contributed by atoms with Crippen molar-refractivity contribution >= 4 is 27.6 Å². The van der Waals surface area contributed by atoms with Crippen LogP contribution in [-0.4, -0.2) is 36.9 Å². The number of sulfonamides is 1. The van der Waals surface area contributed by atoms with E-state index in [1.807, 2.05) is 6.07 Å². The first-order valence-electron chi connectivity index (χ1n) is 6.29. The van der Waals surface area contributed by atoms with E-state index < -0.39 is 21.9 Å². The molecule has 0 radical (unpaired) electrons. The molecule has 112 valence electrons. The van der Waals surface area contributed by atoms with Crippen molar-refractivity contribution in [2.75, 3.05) is 13.1 Å². The van der Waals surface area contributed by atoms with Gasteiger partial charge in [-0.1, -0.05) is 11.6 Å². The first-order valence-corrected chi connectivity index (χ1v) is 8.10. The van der Waals surface area contributed by atoms with Crippen LogP contribution in [-0.2, 0) is 14.8 Å². The highest BCUT2D eigenvalue weighted by Crippen LogP contribution is 2.26. The number of hydrogen-bond acceptors (Lipinski definition) is 4. The topological polar surface area (TPSA) is 98.5 Å². The highest BCUT2D eigenvalue weighted by molar-refractivity contribution is 7.89. The summed E-state index contributed by atoms with van der Waals surface area (Å²) in [5.41, 5.74) is 0.192. The van der Waals surface area contributed by atoms with Gasteiger partial charge in [-0.25, -0.2) is 8.42 Å². The van der Waals surface area contributed by atoms with Crippen molar-refractivity contribution in [2.24, 2.45) is 5.92 Å². The Morgan fingerprint density at radius 1 is 1.48 bits per heavy atom. The van der Waals surface area contributed by atoms with E-state index in [0.717, 1.165) is 4.31 Å². The summed E-state index contributed by atoms with van der Waals surface area (Å²) in [6, 6.07) is 5.73. The minimum atomic E-state index is -3.80. The van der Waals surface area contributed by atoms with Crippen LogP contribution in [0.25, 0.3) is 0 Å². The zero-order valence-corrected chi connectivity index (χ0v) is 12.6. The van der Waals surface area contributed by atoms with Crippen LogP contribution < -0.4 is 0 Å². The molecule has 6 nitrogen and oxygen atoms in total. The van der Waals surface area contributed by atoms with E-state index in [0.29, 0.717) is 12.8 Å². The van der Waals surface area contributed by atoms with Crippen LogP contribution in [0.4, 0.5) is 0 Å². The van der Waals surface area contributed by atoms with Gasteiger partial charge in [-0.15, -0.1) is 0 Å². The Bertz CT molecular complexity index is 711. The number of nitriles is 1. The van der Waals surface area contributed by atoms with Crippen molar-refractivity contribution in [2.45, 2.75) is 17.7 Å². The molecule has 1 fully saturated rings. The van der Waals surface area contributed by atoms with Crippen LogP contribution in [0, 0.1) is 17.2 Å². The van der Waals surface area contributed by atoms with Gasteiger partial charge in [-0.2, -0.15) is 9.57 Å². The normalized spacial score (nSPS) is 19.9. The minimum absolute atomic E-state index is 0.0301. The van der Waals surface area contributed by atoms with Gasteiger partial charge < -0.3 is 5.11 Å². The van der Waals surface area contributed by atoms with E-state index in [-0.39, 0.29) is 28.6 Å². The standard InChI is InChI=1S/C13H13ClN2O4S/c14-12-6-11(4-3-9(12)7-15)21(19,20)16-5-1-2-10(8-16)13(17)18/h3-4,6,10H,1-2,5,8H2,(H,17,18)/t10-/m1/s1. The van der Waals surface area contributed by atoms with Crippen molar-refractivity contribution in [3.63, 3.8) is 0 Å². The molecule has 1 aliphatic rings. The van der Waals surface area contributed by atoms with Gasteiger partial charge in [0.05, 0.1) is 21.4 Å². The van der Waals surface area contributed by atoms with E-state index in [4.69, 9.17) is 22.0 Å². The Labute approximate surface area is 127 Å². The summed E-state index contributed by atoms with van der Waals surface area (Å²) in [5.74, 6) is -1.69. The van der Waals surface area contributed by atoms with Crippen LogP contribution in [0.5, 0.6) is 0 Å². The van der Waals surface area contributed by atoms with Crippen molar-refractivity contribution in [3.05, 3.63) is 28.8 Å². The van der Waals surface area contributed by atoms with Crippen molar-refractivity contribution in [3.8, 4) is 6.07 Å². The molecular formula is C13H13ClN2O4S. The molecule has 1 aromatic carbocycles. The number of carboxylic acids is 1.